The molecule has 4 heteroatoms. The Morgan fingerprint density at radius 2 is 1.93 bits per heavy atom. The molecule has 15 heavy (non-hydrogen) atoms. The zero-order valence-electron chi connectivity index (χ0n) is 8.76. The van der Waals surface area contributed by atoms with E-state index in [4.69, 9.17) is 14.2 Å². The summed E-state index contributed by atoms with van der Waals surface area (Å²) in [5.74, 6) is 0. The second-order valence-corrected chi connectivity index (χ2v) is 5.32. The van der Waals surface area contributed by atoms with Gasteiger partial charge in [0.25, 0.3) is 6.48 Å². The molecule has 1 aliphatic rings. The maximum Gasteiger partial charge on any atom is 0.272 e. The molecular weight excluding hydrogens is 211 g/mol. The first-order valence-electron chi connectivity index (χ1n) is 5.05. The molecule has 1 aliphatic heterocycles. The monoisotopic (exact) mass is 226 g/mol. The van der Waals surface area contributed by atoms with Crippen molar-refractivity contribution in [2.45, 2.75) is 13.4 Å². The molecule has 0 amide bonds. The molecule has 0 atom stereocenters. The van der Waals surface area contributed by atoms with Gasteiger partial charge in [0.1, 0.15) is 0 Å². The molecule has 1 aromatic rings. The molecule has 0 N–H and O–H groups in total. The van der Waals surface area contributed by atoms with Crippen LogP contribution >= 0.6 is 7.92 Å². The van der Waals surface area contributed by atoms with E-state index in [0.29, 0.717) is 6.61 Å². The number of hydrogen-bond acceptors (Lipinski definition) is 3. The predicted octanol–water partition coefficient (Wildman–Crippen LogP) is 2.08. The smallest absolute Gasteiger partial charge is 0.272 e. The molecule has 0 spiro atoms. The summed E-state index contributed by atoms with van der Waals surface area (Å²) in [6, 6.07) is 10.4. The van der Waals surface area contributed by atoms with E-state index >= 15 is 0 Å². The quantitative estimate of drug-likeness (QED) is 0.738. The molecule has 1 fully saturated rings. The average molecular weight is 226 g/mol. The summed E-state index contributed by atoms with van der Waals surface area (Å²) in [4.78, 5) is 0. The van der Waals surface area contributed by atoms with Gasteiger partial charge in [-0.2, -0.15) is 0 Å². The summed E-state index contributed by atoms with van der Waals surface area (Å²) in [5.41, 5.74) is 0. The van der Waals surface area contributed by atoms with E-state index in [1.165, 1.54) is 5.30 Å². The molecule has 1 saturated heterocycles. The Hall–Kier alpha value is -0.470. The van der Waals surface area contributed by atoms with Gasteiger partial charge in [-0.15, -0.1) is 0 Å². The number of rotatable bonds is 3. The van der Waals surface area contributed by atoms with Gasteiger partial charge in [-0.05, 0) is 20.1 Å². The first kappa shape index (κ1) is 11.0. The van der Waals surface area contributed by atoms with Gasteiger partial charge in [0.15, 0.2) is 0 Å². The van der Waals surface area contributed by atoms with Crippen molar-refractivity contribution < 1.29 is 14.2 Å². The highest BCUT2D eigenvalue weighted by Gasteiger charge is 2.22. The van der Waals surface area contributed by atoms with Gasteiger partial charge in [-0.3, -0.25) is 0 Å². The Morgan fingerprint density at radius 1 is 1.27 bits per heavy atom. The Kier molecular flexibility index (Phi) is 4.09. The van der Waals surface area contributed by atoms with Crippen LogP contribution in [0.5, 0.6) is 0 Å². The second kappa shape index (κ2) is 5.57. The Bertz CT molecular complexity index is 283. The van der Waals surface area contributed by atoms with Crippen molar-refractivity contribution in [3.05, 3.63) is 30.3 Å². The average Bonchev–Trinajstić information content (AvgIpc) is 2.32. The van der Waals surface area contributed by atoms with E-state index in [1.54, 1.807) is 0 Å². The summed E-state index contributed by atoms with van der Waals surface area (Å²) >= 11 is 0. The molecule has 1 aromatic carbocycles. The topological polar surface area (TPSA) is 27.7 Å². The van der Waals surface area contributed by atoms with Gasteiger partial charge in [0.2, 0.25) is 0 Å². The fourth-order valence-corrected chi connectivity index (χ4v) is 2.98. The highest BCUT2D eigenvalue weighted by Crippen LogP contribution is 2.38. The molecule has 0 unspecified atom stereocenters. The lowest BCUT2D eigenvalue weighted by molar-refractivity contribution is -0.278. The van der Waals surface area contributed by atoms with E-state index in [9.17, 15) is 0 Å². The lowest BCUT2D eigenvalue weighted by Gasteiger charge is -2.29. The Labute approximate surface area is 91.1 Å². The first-order valence-corrected chi connectivity index (χ1v) is 6.76. The third kappa shape index (κ3) is 2.99. The largest absolute Gasteiger partial charge is 0.330 e. The van der Waals surface area contributed by atoms with Crippen LogP contribution < -0.4 is 5.30 Å². The maximum absolute atomic E-state index is 5.47. The minimum atomic E-state index is -0.461. The van der Waals surface area contributed by atoms with Gasteiger partial charge < -0.3 is 14.2 Å². The molecule has 0 aliphatic carbocycles. The van der Waals surface area contributed by atoms with Crippen molar-refractivity contribution in [3.8, 4) is 0 Å². The maximum atomic E-state index is 5.47. The van der Waals surface area contributed by atoms with E-state index in [-0.39, 0.29) is 7.92 Å². The Morgan fingerprint density at radius 3 is 2.53 bits per heavy atom. The van der Waals surface area contributed by atoms with Gasteiger partial charge in [0.05, 0.1) is 12.7 Å². The van der Waals surface area contributed by atoms with Crippen LogP contribution in [0.15, 0.2) is 30.3 Å². The third-order valence-electron chi connectivity index (χ3n) is 2.16. The minimum absolute atomic E-state index is 0.329. The summed E-state index contributed by atoms with van der Waals surface area (Å²) < 4.78 is 16.2. The van der Waals surface area contributed by atoms with Crippen LogP contribution in [0.4, 0.5) is 0 Å². The van der Waals surface area contributed by atoms with Crippen LogP contribution in [0.25, 0.3) is 0 Å². The molecule has 0 saturated carbocycles. The second-order valence-electron chi connectivity index (χ2n) is 3.21. The highest BCUT2D eigenvalue weighted by atomic mass is 31.1. The van der Waals surface area contributed by atoms with Crippen molar-refractivity contribution in [2.75, 3.05) is 19.3 Å². The van der Waals surface area contributed by atoms with E-state index in [0.717, 1.165) is 12.7 Å². The van der Waals surface area contributed by atoms with Gasteiger partial charge in [-0.25, -0.2) is 0 Å². The molecule has 0 radical (unpaired) electrons. The molecule has 1 heterocycles. The summed E-state index contributed by atoms with van der Waals surface area (Å²) in [7, 11) is -0.329. The van der Waals surface area contributed by atoms with Crippen LogP contribution in [0.1, 0.15) is 6.92 Å². The predicted molar refractivity (Wildman–Crippen MR) is 60.3 cm³/mol. The fraction of sp³-hybridized carbons (Fsp3) is 0.455. The van der Waals surface area contributed by atoms with Crippen molar-refractivity contribution in [3.63, 3.8) is 0 Å². The number of hydrogen-bond donors (Lipinski definition) is 0. The van der Waals surface area contributed by atoms with Crippen LogP contribution in [-0.4, -0.2) is 25.8 Å². The summed E-state index contributed by atoms with van der Waals surface area (Å²) in [6.45, 7) is 2.09. The van der Waals surface area contributed by atoms with Crippen LogP contribution in [0, 0.1) is 0 Å². The van der Waals surface area contributed by atoms with E-state index in [2.05, 4.69) is 12.1 Å². The summed E-state index contributed by atoms with van der Waals surface area (Å²) in [6.07, 6.45) is 1.45. The lowest BCUT2D eigenvalue weighted by Crippen LogP contribution is -2.28. The van der Waals surface area contributed by atoms with Gasteiger partial charge >= 0.3 is 0 Å². The summed E-state index contributed by atoms with van der Waals surface area (Å²) in [5, 5.41) is 1.32. The van der Waals surface area contributed by atoms with Crippen LogP contribution in [-0.2, 0) is 14.2 Å². The molecular formula is C11H15O3P. The van der Waals surface area contributed by atoms with Crippen molar-refractivity contribution >= 4 is 13.2 Å². The van der Waals surface area contributed by atoms with Crippen molar-refractivity contribution in [1.82, 2.24) is 0 Å². The lowest BCUT2D eigenvalue weighted by atomic mass is 10.4. The molecule has 0 aromatic heterocycles. The minimum Gasteiger partial charge on any atom is -0.330 e. The van der Waals surface area contributed by atoms with Crippen LogP contribution in [0.3, 0.4) is 0 Å². The SMILES string of the molecule is CCOC1OCP(c2ccccc2)CO1. The molecule has 3 nitrogen and oxygen atoms in total. The number of benzene rings is 1. The zero-order chi connectivity index (χ0) is 10.5. The van der Waals surface area contributed by atoms with Gasteiger partial charge in [-0.1, -0.05) is 30.3 Å². The number of ether oxygens (including phenoxy) is 3. The Balaban J connectivity index is 1.88. The van der Waals surface area contributed by atoms with Gasteiger partial charge in [0, 0.05) is 6.61 Å². The normalized spacial score (nSPS) is 26.5. The fourth-order valence-electron chi connectivity index (χ4n) is 1.41. The standard InChI is InChI=1S/C11H15O3P/c1-2-12-11-13-8-15(9-14-11)10-6-4-3-5-7-10/h3-7,11H,2,8-9H2,1H3. The van der Waals surface area contributed by atoms with E-state index < -0.39 is 6.48 Å². The van der Waals surface area contributed by atoms with E-state index in [1.807, 2.05) is 25.1 Å². The van der Waals surface area contributed by atoms with Crippen LogP contribution in [0.2, 0.25) is 0 Å². The molecule has 2 rings (SSSR count). The highest BCUT2D eigenvalue weighted by molar-refractivity contribution is 7.65. The molecule has 82 valence electrons. The van der Waals surface area contributed by atoms with Crippen molar-refractivity contribution in [1.29, 1.82) is 0 Å². The molecule has 0 bridgehead atoms. The van der Waals surface area contributed by atoms with Crippen molar-refractivity contribution in [2.24, 2.45) is 0 Å². The zero-order valence-corrected chi connectivity index (χ0v) is 9.65. The third-order valence-corrected chi connectivity index (χ3v) is 4.11. The first-order chi connectivity index (χ1) is 7.40.